The van der Waals surface area contributed by atoms with Gasteiger partial charge in [-0.05, 0) is 43.7 Å². The van der Waals surface area contributed by atoms with Crippen molar-refractivity contribution in [3.63, 3.8) is 0 Å². The molecule has 1 heterocycles. The molecule has 0 spiro atoms. The van der Waals surface area contributed by atoms with Crippen LogP contribution in [0.15, 0.2) is 18.3 Å². The Labute approximate surface area is 114 Å². The van der Waals surface area contributed by atoms with E-state index in [0.717, 1.165) is 37.4 Å². The predicted molar refractivity (Wildman–Crippen MR) is 74.9 cm³/mol. The molecule has 0 aromatic carbocycles. The van der Waals surface area contributed by atoms with Gasteiger partial charge in [0.15, 0.2) is 0 Å². The highest BCUT2D eigenvalue weighted by molar-refractivity contribution is 6.30. The van der Waals surface area contributed by atoms with E-state index in [1.54, 1.807) is 12.3 Å². The summed E-state index contributed by atoms with van der Waals surface area (Å²) in [5, 5.41) is 14.3. The molecule has 0 radical (unpaired) electrons. The molecule has 1 aromatic heterocycles. The highest BCUT2D eigenvalue weighted by atomic mass is 35.5. The second-order valence-electron chi connectivity index (χ2n) is 5.29. The highest BCUT2D eigenvalue weighted by Gasteiger charge is 2.32. The number of rotatable bonds is 4. The molecule has 3 nitrogen and oxygen atoms in total. The minimum atomic E-state index is -0.576. The summed E-state index contributed by atoms with van der Waals surface area (Å²) in [5.41, 5.74) is -0.576. The number of nitrogens with zero attached hydrogens (tertiary/aromatic N) is 1. The van der Waals surface area contributed by atoms with Gasteiger partial charge in [-0.1, -0.05) is 24.9 Å². The van der Waals surface area contributed by atoms with E-state index in [9.17, 15) is 5.11 Å². The van der Waals surface area contributed by atoms with Gasteiger partial charge in [-0.15, -0.1) is 0 Å². The van der Waals surface area contributed by atoms with Gasteiger partial charge in [-0.2, -0.15) is 0 Å². The Morgan fingerprint density at radius 2 is 2.17 bits per heavy atom. The van der Waals surface area contributed by atoms with Crippen LogP contribution in [0.2, 0.25) is 5.02 Å². The third kappa shape index (κ3) is 3.59. The molecule has 1 saturated carbocycles. The van der Waals surface area contributed by atoms with Crippen molar-refractivity contribution in [1.29, 1.82) is 0 Å². The standard InChI is InChI=1S/C14H21ClN2O/c1-2-11-5-7-14(18,8-6-11)10-17-13-4-3-12(15)9-16-13/h3-4,9,11,18H,2,5-8,10H2,1H3,(H,16,17). The fourth-order valence-corrected chi connectivity index (χ4v) is 2.65. The number of aromatic nitrogens is 1. The quantitative estimate of drug-likeness (QED) is 0.879. The van der Waals surface area contributed by atoms with E-state index >= 15 is 0 Å². The van der Waals surface area contributed by atoms with Gasteiger partial charge in [0.1, 0.15) is 5.82 Å². The molecule has 18 heavy (non-hydrogen) atoms. The number of nitrogens with one attached hydrogen (secondary N) is 1. The van der Waals surface area contributed by atoms with E-state index in [-0.39, 0.29) is 0 Å². The number of hydrogen-bond acceptors (Lipinski definition) is 3. The summed E-state index contributed by atoms with van der Waals surface area (Å²) in [5.74, 6) is 1.56. The Kier molecular flexibility index (Phi) is 4.46. The zero-order valence-corrected chi connectivity index (χ0v) is 11.6. The summed E-state index contributed by atoms with van der Waals surface area (Å²) in [7, 11) is 0. The maximum Gasteiger partial charge on any atom is 0.126 e. The monoisotopic (exact) mass is 268 g/mol. The van der Waals surface area contributed by atoms with E-state index in [2.05, 4.69) is 17.2 Å². The Bertz CT molecular complexity index is 372. The van der Waals surface area contributed by atoms with Crippen molar-refractivity contribution in [3.05, 3.63) is 23.4 Å². The fraction of sp³-hybridized carbons (Fsp3) is 0.643. The zero-order valence-electron chi connectivity index (χ0n) is 10.8. The Hall–Kier alpha value is -0.800. The van der Waals surface area contributed by atoms with E-state index < -0.39 is 5.60 Å². The normalized spacial score (nSPS) is 28.1. The summed E-state index contributed by atoms with van der Waals surface area (Å²) >= 11 is 5.78. The largest absolute Gasteiger partial charge is 0.388 e. The number of halogens is 1. The van der Waals surface area contributed by atoms with Gasteiger partial charge in [0.25, 0.3) is 0 Å². The molecule has 1 fully saturated rings. The van der Waals surface area contributed by atoms with Crippen molar-refractivity contribution in [2.75, 3.05) is 11.9 Å². The van der Waals surface area contributed by atoms with Crippen molar-refractivity contribution in [2.45, 2.75) is 44.6 Å². The van der Waals surface area contributed by atoms with Gasteiger partial charge in [0, 0.05) is 12.7 Å². The lowest BCUT2D eigenvalue weighted by molar-refractivity contribution is 0.00223. The SMILES string of the molecule is CCC1CCC(O)(CNc2ccc(Cl)cn2)CC1. The van der Waals surface area contributed by atoms with Gasteiger partial charge < -0.3 is 10.4 Å². The van der Waals surface area contributed by atoms with Gasteiger partial charge in [-0.3, -0.25) is 0 Å². The van der Waals surface area contributed by atoms with E-state index in [0.29, 0.717) is 11.6 Å². The van der Waals surface area contributed by atoms with Crippen molar-refractivity contribution in [1.82, 2.24) is 4.98 Å². The Morgan fingerprint density at radius 1 is 1.44 bits per heavy atom. The van der Waals surface area contributed by atoms with Crippen LogP contribution in [0.25, 0.3) is 0 Å². The first-order valence-corrected chi connectivity index (χ1v) is 7.07. The second kappa shape index (κ2) is 5.89. The molecule has 0 saturated heterocycles. The molecule has 0 amide bonds. The Morgan fingerprint density at radius 3 is 2.72 bits per heavy atom. The van der Waals surface area contributed by atoms with Gasteiger partial charge in [0.05, 0.1) is 10.6 Å². The lowest BCUT2D eigenvalue weighted by Crippen LogP contribution is -2.40. The lowest BCUT2D eigenvalue weighted by Gasteiger charge is -2.36. The van der Waals surface area contributed by atoms with E-state index in [1.807, 2.05) is 6.07 Å². The first-order valence-electron chi connectivity index (χ1n) is 6.69. The van der Waals surface area contributed by atoms with Crippen LogP contribution < -0.4 is 5.32 Å². The molecule has 1 aliphatic rings. The average molecular weight is 269 g/mol. The van der Waals surface area contributed by atoms with Gasteiger partial charge >= 0.3 is 0 Å². The summed E-state index contributed by atoms with van der Waals surface area (Å²) in [6, 6.07) is 3.64. The fourth-order valence-electron chi connectivity index (χ4n) is 2.54. The number of pyridine rings is 1. The van der Waals surface area contributed by atoms with Crippen LogP contribution in [0.3, 0.4) is 0 Å². The zero-order chi connectivity index (χ0) is 13.0. The summed E-state index contributed by atoms with van der Waals surface area (Å²) in [4.78, 5) is 4.17. The minimum absolute atomic E-state index is 0.568. The van der Waals surface area contributed by atoms with Crippen molar-refractivity contribution in [2.24, 2.45) is 5.92 Å². The molecule has 1 aromatic rings. The third-order valence-corrected chi connectivity index (χ3v) is 4.16. The van der Waals surface area contributed by atoms with Crippen LogP contribution >= 0.6 is 11.6 Å². The molecule has 1 aliphatic carbocycles. The molecule has 0 unspecified atom stereocenters. The van der Waals surface area contributed by atoms with Crippen molar-refractivity contribution >= 4 is 17.4 Å². The van der Waals surface area contributed by atoms with Crippen molar-refractivity contribution < 1.29 is 5.11 Å². The molecule has 0 aliphatic heterocycles. The first kappa shape index (κ1) is 13.6. The molecular formula is C14H21ClN2O. The third-order valence-electron chi connectivity index (χ3n) is 3.94. The highest BCUT2D eigenvalue weighted by Crippen LogP contribution is 2.33. The van der Waals surface area contributed by atoms with Crippen LogP contribution in [0.4, 0.5) is 5.82 Å². The number of anilines is 1. The molecular weight excluding hydrogens is 248 g/mol. The molecule has 4 heteroatoms. The number of hydrogen-bond donors (Lipinski definition) is 2. The first-order chi connectivity index (χ1) is 8.61. The summed E-state index contributed by atoms with van der Waals surface area (Å²) in [6.45, 7) is 2.79. The van der Waals surface area contributed by atoms with Crippen LogP contribution in [0, 0.1) is 5.92 Å². The lowest BCUT2D eigenvalue weighted by atomic mass is 9.78. The minimum Gasteiger partial charge on any atom is -0.388 e. The average Bonchev–Trinajstić information content (AvgIpc) is 2.39. The topological polar surface area (TPSA) is 45.1 Å². The molecule has 2 rings (SSSR count). The van der Waals surface area contributed by atoms with Gasteiger partial charge in [0.2, 0.25) is 0 Å². The number of aliphatic hydroxyl groups is 1. The van der Waals surface area contributed by atoms with Crippen LogP contribution in [0.5, 0.6) is 0 Å². The maximum absolute atomic E-state index is 10.5. The van der Waals surface area contributed by atoms with E-state index in [1.165, 1.54) is 6.42 Å². The van der Waals surface area contributed by atoms with Crippen molar-refractivity contribution in [3.8, 4) is 0 Å². The summed E-state index contributed by atoms with van der Waals surface area (Å²) < 4.78 is 0. The Balaban J connectivity index is 1.84. The van der Waals surface area contributed by atoms with Crippen LogP contribution in [-0.4, -0.2) is 22.2 Å². The smallest absolute Gasteiger partial charge is 0.126 e. The molecule has 2 N–H and O–H groups in total. The van der Waals surface area contributed by atoms with Crippen LogP contribution in [0.1, 0.15) is 39.0 Å². The van der Waals surface area contributed by atoms with E-state index in [4.69, 9.17) is 11.6 Å². The molecule has 0 atom stereocenters. The maximum atomic E-state index is 10.5. The summed E-state index contributed by atoms with van der Waals surface area (Å²) in [6.07, 6.45) is 6.85. The molecule has 0 bridgehead atoms. The second-order valence-corrected chi connectivity index (χ2v) is 5.73. The van der Waals surface area contributed by atoms with Gasteiger partial charge in [-0.25, -0.2) is 4.98 Å². The molecule has 100 valence electrons. The van der Waals surface area contributed by atoms with Crippen LogP contribution in [-0.2, 0) is 0 Å². The predicted octanol–water partition coefficient (Wildman–Crippen LogP) is 3.48.